The Morgan fingerprint density at radius 1 is 1.45 bits per heavy atom. The predicted molar refractivity (Wildman–Crippen MR) is 74.3 cm³/mol. The maximum Gasteiger partial charge on any atom is 0.343 e. The number of nitrogens with zero attached hydrogens (tertiary/aromatic N) is 3. The number of carbonyl (C=O) groups is 1. The zero-order chi connectivity index (χ0) is 14.1. The third kappa shape index (κ3) is 2.09. The van der Waals surface area contributed by atoms with Gasteiger partial charge in [0, 0.05) is 6.20 Å². The lowest BCUT2D eigenvalue weighted by Gasteiger charge is -2.02. The zero-order valence-corrected chi connectivity index (χ0v) is 12.1. The van der Waals surface area contributed by atoms with Gasteiger partial charge in [-0.25, -0.2) is 14.3 Å². The average Bonchev–Trinajstić information content (AvgIpc) is 3.04. The third-order valence-electron chi connectivity index (χ3n) is 2.72. The molecule has 7 heteroatoms. The van der Waals surface area contributed by atoms with E-state index in [1.165, 1.54) is 6.20 Å². The van der Waals surface area contributed by atoms with Crippen molar-refractivity contribution in [3.05, 3.63) is 40.8 Å². The number of carbonyl (C=O) groups excluding carboxylic acids is 1. The van der Waals surface area contributed by atoms with Gasteiger partial charge in [-0.2, -0.15) is 5.10 Å². The van der Waals surface area contributed by atoms with E-state index in [0.29, 0.717) is 33.9 Å². The summed E-state index contributed by atoms with van der Waals surface area (Å²) >= 11 is 3.26. The molecule has 0 amide bonds. The number of rotatable bonds is 3. The lowest BCUT2D eigenvalue weighted by molar-refractivity contribution is 0.0528. The van der Waals surface area contributed by atoms with E-state index in [1.807, 2.05) is 6.07 Å². The maximum atomic E-state index is 11.8. The molecule has 6 nitrogen and oxygen atoms in total. The van der Waals surface area contributed by atoms with E-state index in [0.717, 1.165) is 0 Å². The van der Waals surface area contributed by atoms with Gasteiger partial charge in [-0.3, -0.25) is 0 Å². The zero-order valence-electron chi connectivity index (χ0n) is 10.5. The molecule has 3 heterocycles. The van der Waals surface area contributed by atoms with Gasteiger partial charge in [-0.1, -0.05) is 0 Å². The van der Waals surface area contributed by atoms with Crippen LogP contribution in [0.3, 0.4) is 0 Å². The topological polar surface area (TPSA) is 69.6 Å². The van der Waals surface area contributed by atoms with E-state index < -0.39 is 5.97 Å². The smallest absolute Gasteiger partial charge is 0.343 e. The minimum atomic E-state index is -0.437. The van der Waals surface area contributed by atoms with Crippen molar-refractivity contribution in [2.24, 2.45) is 0 Å². The number of hydrogen-bond donors (Lipinski definition) is 0. The first-order valence-corrected chi connectivity index (χ1v) is 6.75. The molecule has 3 aromatic rings. The average molecular weight is 336 g/mol. The van der Waals surface area contributed by atoms with Gasteiger partial charge in [-0.05, 0) is 41.1 Å². The van der Waals surface area contributed by atoms with Gasteiger partial charge >= 0.3 is 5.97 Å². The van der Waals surface area contributed by atoms with Crippen LogP contribution < -0.4 is 0 Å². The Kier molecular flexibility index (Phi) is 3.27. The van der Waals surface area contributed by atoms with Crippen molar-refractivity contribution < 1.29 is 13.9 Å². The highest BCUT2D eigenvalue weighted by Gasteiger charge is 2.17. The van der Waals surface area contributed by atoms with Crippen molar-refractivity contribution in [1.82, 2.24) is 14.6 Å². The van der Waals surface area contributed by atoms with Crippen molar-refractivity contribution in [2.45, 2.75) is 6.92 Å². The predicted octanol–water partition coefficient (Wildman–Crippen LogP) is 2.93. The van der Waals surface area contributed by atoms with Crippen molar-refractivity contribution in [2.75, 3.05) is 6.61 Å². The highest BCUT2D eigenvalue weighted by Crippen LogP contribution is 2.25. The first-order valence-electron chi connectivity index (χ1n) is 5.96. The fraction of sp³-hybridized carbons (Fsp3) is 0.154. The van der Waals surface area contributed by atoms with Gasteiger partial charge in [0.05, 0.1) is 12.8 Å². The van der Waals surface area contributed by atoms with Gasteiger partial charge < -0.3 is 9.15 Å². The van der Waals surface area contributed by atoms with Crippen LogP contribution in [0.4, 0.5) is 0 Å². The summed E-state index contributed by atoms with van der Waals surface area (Å²) in [6, 6.07) is 5.36. The summed E-state index contributed by atoms with van der Waals surface area (Å²) in [5.41, 5.74) is 1.48. The molecule has 0 saturated heterocycles. The number of hydrogen-bond acceptors (Lipinski definition) is 5. The van der Waals surface area contributed by atoms with Crippen LogP contribution in [0.5, 0.6) is 0 Å². The summed E-state index contributed by atoms with van der Waals surface area (Å²) in [6.45, 7) is 2.06. The molecule has 0 aliphatic carbocycles. The lowest BCUT2D eigenvalue weighted by atomic mass is 10.3. The molecule has 0 aliphatic rings. The third-order valence-corrected chi connectivity index (χ3v) is 3.15. The molecule has 0 spiro atoms. The van der Waals surface area contributed by atoms with E-state index >= 15 is 0 Å². The summed E-state index contributed by atoms with van der Waals surface area (Å²) < 4.78 is 12.7. The molecule has 0 fully saturated rings. The molecule has 0 saturated carbocycles. The molecule has 3 aromatic heterocycles. The number of fused-ring (bicyclic) bond motifs is 1. The minimum absolute atomic E-state index is 0.307. The van der Waals surface area contributed by atoms with E-state index in [-0.39, 0.29) is 0 Å². The van der Waals surface area contributed by atoms with Gasteiger partial charge in [-0.15, -0.1) is 0 Å². The van der Waals surface area contributed by atoms with Crippen LogP contribution in [0.1, 0.15) is 17.3 Å². The Balaban J connectivity index is 2.15. The van der Waals surface area contributed by atoms with Gasteiger partial charge in [0.2, 0.25) is 0 Å². The monoisotopic (exact) mass is 335 g/mol. The molecule has 0 unspecified atom stereocenters. The summed E-state index contributed by atoms with van der Waals surface area (Å²) in [7, 11) is 0. The van der Waals surface area contributed by atoms with Crippen LogP contribution in [-0.4, -0.2) is 27.2 Å². The summed E-state index contributed by atoms with van der Waals surface area (Å²) in [5, 5.41) is 4.19. The highest BCUT2D eigenvalue weighted by atomic mass is 79.9. The van der Waals surface area contributed by atoms with Gasteiger partial charge in [0.1, 0.15) is 11.3 Å². The Morgan fingerprint density at radius 2 is 2.30 bits per heavy atom. The van der Waals surface area contributed by atoms with Crippen LogP contribution in [0.25, 0.3) is 17.1 Å². The van der Waals surface area contributed by atoms with Crippen molar-refractivity contribution in [1.29, 1.82) is 0 Å². The molecule has 3 rings (SSSR count). The molecule has 0 radical (unpaired) electrons. The number of aromatic nitrogens is 3. The SMILES string of the molecule is CCOC(=O)c1cnn2c(-c3ccc(Br)o3)ccnc12. The maximum absolute atomic E-state index is 11.8. The van der Waals surface area contributed by atoms with Crippen molar-refractivity contribution in [3.8, 4) is 11.5 Å². The number of furan rings is 1. The molecule has 0 aromatic carbocycles. The minimum Gasteiger partial charge on any atom is -0.462 e. The van der Waals surface area contributed by atoms with Gasteiger partial charge in [0.15, 0.2) is 16.1 Å². The van der Waals surface area contributed by atoms with Crippen LogP contribution in [0.2, 0.25) is 0 Å². The summed E-state index contributed by atoms with van der Waals surface area (Å²) in [4.78, 5) is 16.0. The van der Waals surface area contributed by atoms with E-state index in [9.17, 15) is 4.79 Å². The van der Waals surface area contributed by atoms with Gasteiger partial charge in [0.25, 0.3) is 0 Å². The normalized spacial score (nSPS) is 10.9. The summed E-state index contributed by atoms with van der Waals surface area (Å²) in [5.74, 6) is 0.190. The molecule has 0 N–H and O–H groups in total. The highest BCUT2D eigenvalue weighted by molar-refractivity contribution is 9.10. The Morgan fingerprint density at radius 3 is 3.00 bits per heavy atom. The van der Waals surface area contributed by atoms with Crippen LogP contribution in [0.15, 0.2) is 39.7 Å². The Labute approximate surface area is 122 Å². The molecular weight excluding hydrogens is 326 g/mol. The lowest BCUT2D eigenvalue weighted by Crippen LogP contribution is -2.05. The Bertz CT molecular complexity index is 778. The number of halogens is 1. The van der Waals surface area contributed by atoms with E-state index in [4.69, 9.17) is 9.15 Å². The fourth-order valence-corrected chi connectivity index (χ4v) is 2.19. The second-order valence-corrected chi connectivity index (χ2v) is 4.73. The van der Waals surface area contributed by atoms with Crippen molar-refractivity contribution >= 4 is 27.5 Å². The second-order valence-electron chi connectivity index (χ2n) is 3.95. The standard InChI is InChI=1S/C13H10BrN3O3/c1-2-19-13(18)8-7-16-17-9(5-6-15-12(8)17)10-3-4-11(14)20-10/h3-7H,2H2,1H3. The van der Waals surface area contributed by atoms with Crippen LogP contribution in [-0.2, 0) is 4.74 Å². The molecule has 0 atom stereocenters. The fourth-order valence-electron chi connectivity index (χ4n) is 1.88. The second kappa shape index (κ2) is 5.09. The Hall–Kier alpha value is -2.15. The van der Waals surface area contributed by atoms with Crippen LogP contribution >= 0.6 is 15.9 Å². The molecule has 20 heavy (non-hydrogen) atoms. The molecule has 0 bridgehead atoms. The molecular formula is C13H10BrN3O3. The first-order chi connectivity index (χ1) is 9.70. The largest absolute Gasteiger partial charge is 0.462 e. The van der Waals surface area contributed by atoms with E-state index in [1.54, 1.807) is 29.8 Å². The van der Waals surface area contributed by atoms with Crippen LogP contribution in [0, 0.1) is 0 Å². The molecule has 102 valence electrons. The first kappa shape index (κ1) is 12.9. The van der Waals surface area contributed by atoms with E-state index in [2.05, 4.69) is 26.0 Å². The number of ether oxygens (including phenoxy) is 1. The van der Waals surface area contributed by atoms with Crippen molar-refractivity contribution in [3.63, 3.8) is 0 Å². The quantitative estimate of drug-likeness (QED) is 0.688. The summed E-state index contributed by atoms with van der Waals surface area (Å²) in [6.07, 6.45) is 3.05. The molecule has 0 aliphatic heterocycles. The number of esters is 1.